The first-order valence-electron chi connectivity index (χ1n) is 5.74. The summed E-state index contributed by atoms with van der Waals surface area (Å²) in [5.41, 5.74) is 1.21. The highest BCUT2D eigenvalue weighted by Crippen LogP contribution is 2.25. The Kier molecular flexibility index (Phi) is 5.23. The molecule has 0 amide bonds. The molecular weight excluding hydrogens is 225 g/mol. The van der Waals surface area contributed by atoms with E-state index >= 15 is 0 Å². The molecule has 0 spiro atoms. The van der Waals surface area contributed by atoms with Gasteiger partial charge in [0.15, 0.2) is 0 Å². The first-order chi connectivity index (χ1) is 7.25. The van der Waals surface area contributed by atoms with Gasteiger partial charge in [0.05, 0.1) is 0 Å². The number of nitrogens with one attached hydrogen (secondary N) is 1. The first kappa shape index (κ1) is 13.5. The second-order valence-corrected chi connectivity index (χ2v) is 4.53. The van der Waals surface area contributed by atoms with Gasteiger partial charge in [0.1, 0.15) is 5.82 Å². The van der Waals surface area contributed by atoms with E-state index in [2.05, 4.69) is 12.2 Å². The Morgan fingerprint density at radius 1 is 1.12 bits per heavy atom. The maximum atomic E-state index is 12.8. The lowest BCUT2D eigenvalue weighted by Crippen LogP contribution is -2.20. The van der Waals surface area contributed by atoms with Crippen molar-refractivity contribution >= 4 is 12.4 Å². The third-order valence-electron chi connectivity index (χ3n) is 3.25. The predicted molar refractivity (Wildman–Crippen MR) is 67.4 cm³/mol. The lowest BCUT2D eigenvalue weighted by molar-refractivity contribution is 0.501. The zero-order valence-corrected chi connectivity index (χ0v) is 10.4. The maximum Gasteiger partial charge on any atom is 0.123 e. The van der Waals surface area contributed by atoms with Gasteiger partial charge in [0.2, 0.25) is 0 Å². The average Bonchev–Trinajstić information content (AvgIpc) is 2.44. The summed E-state index contributed by atoms with van der Waals surface area (Å²) in [6.07, 6.45) is 3.67. The lowest BCUT2D eigenvalue weighted by atomic mass is 9.98. The highest BCUT2D eigenvalue weighted by molar-refractivity contribution is 5.85. The van der Waals surface area contributed by atoms with E-state index in [-0.39, 0.29) is 18.2 Å². The van der Waals surface area contributed by atoms with E-state index in [0.717, 1.165) is 18.9 Å². The minimum Gasteiger partial charge on any atom is -0.310 e. The van der Waals surface area contributed by atoms with Gasteiger partial charge in [0.25, 0.3) is 0 Å². The molecule has 1 aliphatic rings. The number of rotatable bonds is 1. The van der Waals surface area contributed by atoms with Gasteiger partial charge in [-0.3, -0.25) is 0 Å². The summed E-state index contributed by atoms with van der Waals surface area (Å²) in [7, 11) is 0. The Morgan fingerprint density at radius 2 is 1.81 bits per heavy atom. The summed E-state index contributed by atoms with van der Waals surface area (Å²) < 4.78 is 12.8. The molecule has 2 atom stereocenters. The molecule has 1 aromatic carbocycles. The Balaban J connectivity index is 0.00000128. The van der Waals surface area contributed by atoms with E-state index in [1.807, 2.05) is 12.1 Å². The summed E-state index contributed by atoms with van der Waals surface area (Å²) in [4.78, 5) is 0. The monoisotopic (exact) mass is 243 g/mol. The summed E-state index contributed by atoms with van der Waals surface area (Å²) in [5, 5.41) is 3.53. The van der Waals surface area contributed by atoms with E-state index in [1.54, 1.807) is 12.1 Å². The van der Waals surface area contributed by atoms with Crippen LogP contribution in [-0.4, -0.2) is 6.54 Å². The molecule has 1 aromatic rings. The quantitative estimate of drug-likeness (QED) is 0.793. The highest BCUT2D eigenvalue weighted by atomic mass is 35.5. The fraction of sp³-hybridized carbons (Fsp3) is 0.538. The van der Waals surface area contributed by atoms with E-state index in [0.29, 0.717) is 6.04 Å². The fourth-order valence-electron chi connectivity index (χ4n) is 2.18. The molecule has 1 saturated heterocycles. The minimum absolute atomic E-state index is 0. The molecule has 0 saturated carbocycles. The van der Waals surface area contributed by atoms with Gasteiger partial charge in [-0.15, -0.1) is 12.4 Å². The van der Waals surface area contributed by atoms with Gasteiger partial charge in [-0.05, 0) is 49.4 Å². The fourth-order valence-corrected chi connectivity index (χ4v) is 2.18. The van der Waals surface area contributed by atoms with Crippen LogP contribution >= 0.6 is 12.4 Å². The molecule has 1 heterocycles. The zero-order valence-electron chi connectivity index (χ0n) is 9.58. The molecular formula is C13H19ClFN. The number of benzene rings is 1. The van der Waals surface area contributed by atoms with Crippen LogP contribution in [0.3, 0.4) is 0 Å². The number of hydrogen-bond donors (Lipinski definition) is 1. The van der Waals surface area contributed by atoms with E-state index < -0.39 is 0 Å². The van der Waals surface area contributed by atoms with Crippen molar-refractivity contribution in [3.63, 3.8) is 0 Å². The van der Waals surface area contributed by atoms with Gasteiger partial charge in [-0.2, -0.15) is 0 Å². The highest BCUT2D eigenvalue weighted by Gasteiger charge is 2.16. The maximum absolute atomic E-state index is 12.8. The molecule has 0 aromatic heterocycles. The van der Waals surface area contributed by atoms with Crippen molar-refractivity contribution in [2.24, 2.45) is 5.92 Å². The van der Waals surface area contributed by atoms with Gasteiger partial charge in [-0.25, -0.2) is 4.39 Å². The first-order valence-corrected chi connectivity index (χ1v) is 5.74. The van der Waals surface area contributed by atoms with Crippen molar-refractivity contribution in [3.8, 4) is 0 Å². The van der Waals surface area contributed by atoms with Gasteiger partial charge >= 0.3 is 0 Å². The number of hydrogen-bond acceptors (Lipinski definition) is 1. The van der Waals surface area contributed by atoms with Crippen LogP contribution in [0.4, 0.5) is 4.39 Å². The Bertz CT molecular complexity index is 312. The molecule has 16 heavy (non-hydrogen) atoms. The molecule has 1 N–H and O–H groups in total. The largest absolute Gasteiger partial charge is 0.310 e. The van der Waals surface area contributed by atoms with E-state index in [4.69, 9.17) is 0 Å². The third-order valence-corrected chi connectivity index (χ3v) is 3.25. The van der Waals surface area contributed by atoms with Crippen LogP contribution in [0.1, 0.15) is 37.8 Å². The van der Waals surface area contributed by atoms with Crippen molar-refractivity contribution in [2.75, 3.05) is 6.54 Å². The summed E-state index contributed by atoms with van der Waals surface area (Å²) >= 11 is 0. The van der Waals surface area contributed by atoms with Gasteiger partial charge in [0, 0.05) is 6.04 Å². The molecule has 1 nitrogen and oxygen atoms in total. The molecule has 0 radical (unpaired) electrons. The second kappa shape index (κ2) is 6.21. The Hall–Kier alpha value is -0.600. The Morgan fingerprint density at radius 3 is 2.50 bits per heavy atom. The van der Waals surface area contributed by atoms with E-state index in [9.17, 15) is 4.39 Å². The SMILES string of the molecule is CC1CCNC(c2ccc(F)cc2)CC1.Cl. The average molecular weight is 244 g/mol. The second-order valence-electron chi connectivity index (χ2n) is 4.53. The van der Waals surface area contributed by atoms with Crippen LogP contribution in [0.2, 0.25) is 0 Å². The normalized spacial score (nSPS) is 25.6. The Labute approximate surface area is 103 Å². The molecule has 1 aliphatic heterocycles. The molecule has 0 bridgehead atoms. The third kappa shape index (κ3) is 3.46. The minimum atomic E-state index is -0.152. The lowest BCUT2D eigenvalue weighted by Gasteiger charge is -2.15. The predicted octanol–water partition coefficient (Wildman–Crippen LogP) is 3.70. The van der Waals surface area contributed by atoms with Crippen LogP contribution in [-0.2, 0) is 0 Å². The van der Waals surface area contributed by atoms with Crippen molar-refractivity contribution in [1.82, 2.24) is 5.32 Å². The van der Waals surface area contributed by atoms with Crippen molar-refractivity contribution in [3.05, 3.63) is 35.6 Å². The molecule has 90 valence electrons. The molecule has 2 rings (SSSR count). The topological polar surface area (TPSA) is 12.0 Å². The smallest absolute Gasteiger partial charge is 0.123 e. The standard InChI is InChI=1S/C13H18FN.ClH/c1-10-2-7-13(15-9-8-10)11-3-5-12(14)6-4-11;/h3-6,10,13,15H,2,7-9H2,1H3;1H. The van der Waals surface area contributed by atoms with Crippen LogP contribution in [0.15, 0.2) is 24.3 Å². The van der Waals surface area contributed by atoms with Crippen LogP contribution in [0, 0.1) is 11.7 Å². The summed E-state index contributed by atoms with van der Waals surface area (Å²) in [5.74, 6) is 0.656. The van der Waals surface area contributed by atoms with Gasteiger partial charge < -0.3 is 5.32 Å². The molecule has 0 aliphatic carbocycles. The van der Waals surface area contributed by atoms with Crippen LogP contribution < -0.4 is 5.32 Å². The van der Waals surface area contributed by atoms with Crippen molar-refractivity contribution < 1.29 is 4.39 Å². The van der Waals surface area contributed by atoms with Gasteiger partial charge in [-0.1, -0.05) is 19.1 Å². The summed E-state index contributed by atoms with van der Waals surface area (Å²) in [6, 6.07) is 7.29. The number of halogens is 2. The van der Waals surface area contributed by atoms with Crippen molar-refractivity contribution in [1.29, 1.82) is 0 Å². The van der Waals surface area contributed by atoms with Crippen molar-refractivity contribution in [2.45, 2.75) is 32.2 Å². The molecule has 3 heteroatoms. The molecule has 2 unspecified atom stereocenters. The van der Waals surface area contributed by atoms with Crippen LogP contribution in [0.25, 0.3) is 0 Å². The van der Waals surface area contributed by atoms with E-state index in [1.165, 1.54) is 18.4 Å². The zero-order chi connectivity index (χ0) is 10.7. The summed E-state index contributed by atoms with van der Waals surface area (Å²) in [6.45, 7) is 3.37. The van der Waals surface area contributed by atoms with Crippen LogP contribution in [0.5, 0.6) is 0 Å². The molecule has 1 fully saturated rings.